The van der Waals surface area contributed by atoms with Gasteiger partial charge in [-0.1, -0.05) is 17.7 Å². The first kappa shape index (κ1) is 17.9. The molecule has 1 amide bonds. The zero-order valence-corrected chi connectivity index (χ0v) is 13.1. The second-order valence-corrected chi connectivity index (χ2v) is 6.28. The predicted octanol–water partition coefficient (Wildman–Crippen LogP) is -0.160. The van der Waals surface area contributed by atoms with Gasteiger partial charge in [0.1, 0.15) is 4.90 Å². The van der Waals surface area contributed by atoms with Crippen molar-refractivity contribution in [3.63, 3.8) is 0 Å². The van der Waals surface area contributed by atoms with Gasteiger partial charge in [0.2, 0.25) is 15.9 Å². The Kier molecular flexibility index (Phi) is 7.06. The van der Waals surface area contributed by atoms with E-state index in [0.717, 1.165) is 5.56 Å². The normalized spacial score (nSPS) is 11.4. The molecule has 0 aromatic heterocycles. The van der Waals surface area contributed by atoms with Crippen molar-refractivity contribution in [2.24, 2.45) is 5.73 Å². The van der Waals surface area contributed by atoms with Crippen LogP contribution in [0.3, 0.4) is 0 Å². The number of halogens is 1. The highest BCUT2D eigenvalue weighted by Crippen LogP contribution is 2.22. The highest BCUT2D eigenvalue weighted by atomic mass is 35.5. The van der Waals surface area contributed by atoms with Crippen LogP contribution >= 0.6 is 11.6 Å². The van der Waals surface area contributed by atoms with Crippen LogP contribution in [-0.4, -0.2) is 41.1 Å². The maximum absolute atomic E-state index is 12.1. The fourth-order valence-electron chi connectivity index (χ4n) is 1.48. The first-order chi connectivity index (χ1) is 9.90. The van der Waals surface area contributed by atoms with Gasteiger partial charge in [-0.25, -0.2) is 13.1 Å². The zero-order chi connectivity index (χ0) is 15.9. The molecule has 0 unspecified atom stereocenters. The van der Waals surface area contributed by atoms with Gasteiger partial charge >= 0.3 is 0 Å². The Hall–Kier alpha value is -1.19. The summed E-state index contributed by atoms with van der Waals surface area (Å²) < 4.78 is 31.1. The second kappa shape index (κ2) is 8.30. The van der Waals surface area contributed by atoms with Gasteiger partial charge in [-0.05, 0) is 17.7 Å². The number of benzene rings is 1. The van der Waals surface area contributed by atoms with E-state index >= 15 is 0 Å². The lowest BCUT2D eigenvalue weighted by molar-refractivity contribution is -0.120. The molecule has 1 rings (SSSR count). The van der Waals surface area contributed by atoms with E-state index in [4.69, 9.17) is 22.1 Å². The minimum Gasteiger partial charge on any atom is -0.383 e. The van der Waals surface area contributed by atoms with E-state index in [2.05, 4.69) is 10.0 Å². The van der Waals surface area contributed by atoms with Crippen molar-refractivity contribution in [2.45, 2.75) is 11.4 Å². The molecule has 0 spiro atoms. The molecule has 21 heavy (non-hydrogen) atoms. The molecule has 0 saturated heterocycles. The molecule has 0 fully saturated rings. The van der Waals surface area contributed by atoms with Crippen LogP contribution in [0.1, 0.15) is 5.56 Å². The fourth-order valence-corrected chi connectivity index (χ4v) is 3.03. The molecular weight excluding hydrogens is 318 g/mol. The van der Waals surface area contributed by atoms with Gasteiger partial charge in [0.05, 0.1) is 18.2 Å². The standard InChI is InChI=1S/C12H18ClN3O4S/c1-20-5-4-15-12(17)8-16-21(18,19)11-3-2-9(7-14)6-10(11)13/h2-3,6,16H,4-5,7-8,14H2,1H3,(H,15,17). The van der Waals surface area contributed by atoms with Gasteiger partial charge in [-0.15, -0.1) is 0 Å². The summed E-state index contributed by atoms with van der Waals surface area (Å²) in [6.07, 6.45) is 0. The molecule has 0 aliphatic rings. The van der Waals surface area contributed by atoms with Gasteiger partial charge in [-0.3, -0.25) is 4.79 Å². The topological polar surface area (TPSA) is 111 Å². The average Bonchev–Trinajstić information content (AvgIpc) is 2.45. The van der Waals surface area contributed by atoms with Crippen molar-refractivity contribution in [1.29, 1.82) is 0 Å². The first-order valence-corrected chi connectivity index (χ1v) is 8.00. The molecular formula is C12H18ClN3O4S. The summed E-state index contributed by atoms with van der Waals surface area (Å²) in [4.78, 5) is 11.3. The minimum absolute atomic E-state index is 0.0604. The Balaban J connectivity index is 2.67. The quantitative estimate of drug-likeness (QED) is 0.572. The van der Waals surface area contributed by atoms with E-state index in [0.29, 0.717) is 13.2 Å². The maximum Gasteiger partial charge on any atom is 0.242 e. The lowest BCUT2D eigenvalue weighted by Gasteiger charge is -2.09. The molecule has 0 aliphatic heterocycles. The molecule has 118 valence electrons. The minimum atomic E-state index is -3.86. The van der Waals surface area contributed by atoms with E-state index < -0.39 is 15.9 Å². The van der Waals surface area contributed by atoms with Crippen LogP contribution in [0, 0.1) is 0 Å². The van der Waals surface area contributed by atoms with Crippen LogP contribution in [0.5, 0.6) is 0 Å². The third kappa shape index (κ3) is 5.60. The van der Waals surface area contributed by atoms with Gasteiger partial charge in [-0.2, -0.15) is 0 Å². The Morgan fingerprint density at radius 2 is 2.14 bits per heavy atom. The van der Waals surface area contributed by atoms with Crippen LogP contribution < -0.4 is 15.8 Å². The Labute approximate surface area is 128 Å². The highest BCUT2D eigenvalue weighted by molar-refractivity contribution is 7.89. The molecule has 9 heteroatoms. The summed E-state index contributed by atoms with van der Waals surface area (Å²) in [5.74, 6) is -0.453. The number of amides is 1. The molecule has 0 heterocycles. The van der Waals surface area contributed by atoms with Crippen molar-refractivity contribution in [3.8, 4) is 0 Å². The monoisotopic (exact) mass is 335 g/mol. The van der Waals surface area contributed by atoms with Crippen LogP contribution in [0.15, 0.2) is 23.1 Å². The number of carbonyl (C=O) groups excluding carboxylic acids is 1. The molecule has 1 aromatic carbocycles. The predicted molar refractivity (Wildman–Crippen MR) is 79.4 cm³/mol. The van der Waals surface area contributed by atoms with Gasteiger partial charge in [0, 0.05) is 20.2 Å². The highest BCUT2D eigenvalue weighted by Gasteiger charge is 2.18. The zero-order valence-electron chi connectivity index (χ0n) is 11.6. The SMILES string of the molecule is COCCNC(=O)CNS(=O)(=O)c1ccc(CN)cc1Cl. The van der Waals surface area contributed by atoms with Crippen molar-refractivity contribution in [3.05, 3.63) is 28.8 Å². The molecule has 7 nitrogen and oxygen atoms in total. The molecule has 0 bridgehead atoms. The third-order valence-corrected chi connectivity index (χ3v) is 4.46. The number of nitrogens with two attached hydrogens (primary N) is 1. The smallest absolute Gasteiger partial charge is 0.242 e. The maximum atomic E-state index is 12.1. The lowest BCUT2D eigenvalue weighted by Crippen LogP contribution is -2.38. The van der Waals surface area contributed by atoms with E-state index in [1.807, 2.05) is 0 Å². The number of nitrogens with one attached hydrogen (secondary N) is 2. The van der Waals surface area contributed by atoms with Gasteiger partial charge in [0.15, 0.2) is 0 Å². The van der Waals surface area contributed by atoms with Crippen LogP contribution in [0.2, 0.25) is 5.02 Å². The summed E-state index contributed by atoms with van der Waals surface area (Å²) in [6, 6.07) is 4.41. The number of carbonyl (C=O) groups is 1. The Bertz CT molecular complexity index is 592. The number of hydrogen-bond donors (Lipinski definition) is 3. The molecule has 0 aliphatic carbocycles. The van der Waals surface area contributed by atoms with Gasteiger partial charge < -0.3 is 15.8 Å². The number of sulfonamides is 1. The largest absolute Gasteiger partial charge is 0.383 e. The summed E-state index contributed by atoms with van der Waals surface area (Å²) in [7, 11) is -2.35. The van der Waals surface area contributed by atoms with Crippen LogP contribution in [-0.2, 0) is 26.1 Å². The summed E-state index contributed by atoms with van der Waals surface area (Å²) >= 11 is 5.92. The third-order valence-electron chi connectivity index (χ3n) is 2.57. The lowest BCUT2D eigenvalue weighted by atomic mass is 10.2. The van der Waals surface area contributed by atoms with Crippen molar-refractivity contribution in [1.82, 2.24) is 10.0 Å². The van der Waals surface area contributed by atoms with E-state index in [1.165, 1.54) is 19.2 Å². The molecule has 0 saturated carbocycles. The van der Waals surface area contributed by atoms with Crippen LogP contribution in [0.4, 0.5) is 0 Å². The van der Waals surface area contributed by atoms with Crippen molar-refractivity contribution < 1.29 is 17.9 Å². The first-order valence-electron chi connectivity index (χ1n) is 6.14. The second-order valence-electron chi connectivity index (χ2n) is 4.14. The van der Waals surface area contributed by atoms with E-state index in [1.54, 1.807) is 6.07 Å². The van der Waals surface area contributed by atoms with Gasteiger partial charge in [0.25, 0.3) is 0 Å². The fraction of sp³-hybridized carbons (Fsp3) is 0.417. The molecule has 0 atom stereocenters. The molecule has 0 radical (unpaired) electrons. The van der Waals surface area contributed by atoms with Crippen molar-refractivity contribution >= 4 is 27.5 Å². The molecule has 1 aromatic rings. The Morgan fingerprint density at radius 1 is 1.43 bits per heavy atom. The average molecular weight is 336 g/mol. The number of hydrogen-bond acceptors (Lipinski definition) is 5. The number of methoxy groups -OCH3 is 1. The van der Waals surface area contributed by atoms with Crippen LogP contribution in [0.25, 0.3) is 0 Å². The summed E-state index contributed by atoms with van der Waals surface area (Å²) in [6.45, 7) is 0.546. The van der Waals surface area contributed by atoms with Crippen molar-refractivity contribution in [2.75, 3.05) is 26.8 Å². The number of rotatable bonds is 8. The summed E-state index contributed by atoms with van der Waals surface area (Å²) in [5, 5.41) is 2.56. The molecule has 4 N–H and O–H groups in total. The summed E-state index contributed by atoms with van der Waals surface area (Å²) in [5.41, 5.74) is 6.17. The van der Waals surface area contributed by atoms with E-state index in [9.17, 15) is 13.2 Å². The van der Waals surface area contributed by atoms with E-state index in [-0.39, 0.29) is 23.0 Å². The Morgan fingerprint density at radius 3 is 2.71 bits per heavy atom. The number of ether oxygens (including phenoxy) is 1.